The molecule has 0 amide bonds. The number of nitrogens with two attached hydrogens (primary N) is 1. The summed E-state index contributed by atoms with van der Waals surface area (Å²) in [5.74, 6) is 5.98. The van der Waals surface area contributed by atoms with Gasteiger partial charge in [-0.3, -0.25) is 11.3 Å². The number of hydrogen-bond acceptors (Lipinski definition) is 3. The molecule has 3 N–H and O–H groups in total. The van der Waals surface area contributed by atoms with Crippen LogP contribution in [0.5, 0.6) is 0 Å². The van der Waals surface area contributed by atoms with Crippen LogP contribution in [0.25, 0.3) is 0 Å². The van der Waals surface area contributed by atoms with Crippen molar-refractivity contribution < 1.29 is 8.81 Å². The monoisotopic (exact) mass is 298 g/mol. The fraction of sp³-hybridized carbons (Fsp3) is 0.167. The maximum absolute atomic E-state index is 13.4. The quantitative estimate of drug-likeness (QED) is 0.674. The van der Waals surface area contributed by atoms with E-state index in [1.165, 1.54) is 6.07 Å². The molecule has 90 valence electrons. The van der Waals surface area contributed by atoms with Gasteiger partial charge in [0.05, 0.1) is 16.8 Å². The van der Waals surface area contributed by atoms with Gasteiger partial charge in [0, 0.05) is 6.42 Å². The first-order valence-corrected chi connectivity index (χ1v) is 5.93. The number of hydrazine groups is 1. The first kappa shape index (κ1) is 12.3. The molecule has 2 aromatic rings. The molecule has 1 atom stereocenters. The van der Waals surface area contributed by atoms with E-state index in [4.69, 9.17) is 10.3 Å². The summed E-state index contributed by atoms with van der Waals surface area (Å²) in [6, 6.07) is 8.43. The van der Waals surface area contributed by atoms with Crippen LogP contribution in [0.1, 0.15) is 17.4 Å². The third-order valence-electron chi connectivity index (χ3n) is 2.53. The zero-order valence-electron chi connectivity index (χ0n) is 8.99. The molecule has 1 aromatic heterocycles. The summed E-state index contributed by atoms with van der Waals surface area (Å²) in [7, 11) is 0. The minimum atomic E-state index is -0.304. The molecule has 5 heteroatoms. The second-order valence-corrected chi connectivity index (χ2v) is 4.53. The van der Waals surface area contributed by atoms with Crippen molar-refractivity contribution in [1.29, 1.82) is 0 Å². The molecule has 0 bridgehead atoms. The van der Waals surface area contributed by atoms with E-state index in [-0.39, 0.29) is 11.9 Å². The predicted molar refractivity (Wildman–Crippen MR) is 66.6 cm³/mol. The zero-order valence-corrected chi connectivity index (χ0v) is 10.6. The van der Waals surface area contributed by atoms with Gasteiger partial charge >= 0.3 is 0 Å². The van der Waals surface area contributed by atoms with Crippen LogP contribution in [0, 0.1) is 5.82 Å². The van der Waals surface area contributed by atoms with Crippen LogP contribution >= 0.6 is 15.9 Å². The normalized spacial score (nSPS) is 12.6. The lowest BCUT2D eigenvalue weighted by Gasteiger charge is -2.15. The molecule has 1 unspecified atom stereocenters. The van der Waals surface area contributed by atoms with Gasteiger partial charge in [-0.25, -0.2) is 4.39 Å². The van der Waals surface area contributed by atoms with Crippen LogP contribution in [0.4, 0.5) is 4.39 Å². The number of furan rings is 1. The summed E-state index contributed by atoms with van der Waals surface area (Å²) in [6.07, 6.45) is 2.18. The van der Waals surface area contributed by atoms with Gasteiger partial charge in [0.15, 0.2) is 0 Å². The van der Waals surface area contributed by atoms with Crippen molar-refractivity contribution >= 4 is 15.9 Å². The Bertz CT molecular complexity index is 487. The van der Waals surface area contributed by atoms with E-state index in [0.717, 1.165) is 11.3 Å². The Morgan fingerprint density at radius 2 is 2.24 bits per heavy atom. The van der Waals surface area contributed by atoms with Gasteiger partial charge in [-0.2, -0.15) is 0 Å². The highest BCUT2D eigenvalue weighted by atomic mass is 79.9. The number of halogens is 2. The van der Waals surface area contributed by atoms with Gasteiger partial charge in [0.25, 0.3) is 0 Å². The third kappa shape index (κ3) is 2.94. The first-order chi connectivity index (χ1) is 8.20. The lowest BCUT2D eigenvalue weighted by molar-refractivity contribution is 0.453. The van der Waals surface area contributed by atoms with Crippen molar-refractivity contribution in [2.45, 2.75) is 12.5 Å². The fourth-order valence-corrected chi connectivity index (χ4v) is 1.88. The number of rotatable bonds is 4. The van der Waals surface area contributed by atoms with Gasteiger partial charge < -0.3 is 4.42 Å². The lowest BCUT2D eigenvalue weighted by Crippen LogP contribution is -2.29. The predicted octanol–water partition coefficient (Wildman–Crippen LogP) is 2.93. The SMILES string of the molecule is NNC(Cc1ccco1)c1ccc(Br)c(F)c1. The Balaban J connectivity index is 2.20. The van der Waals surface area contributed by atoms with Crippen molar-refractivity contribution in [2.75, 3.05) is 0 Å². The maximum Gasteiger partial charge on any atom is 0.137 e. The van der Waals surface area contributed by atoms with Gasteiger partial charge in [-0.15, -0.1) is 0 Å². The highest BCUT2D eigenvalue weighted by molar-refractivity contribution is 9.10. The Hall–Kier alpha value is -1.17. The van der Waals surface area contributed by atoms with E-state index in [0.29, 0.717) is 10.9 Å². The molecule has 0 aliphatic rings. The van der Waals surface area contributed by atoms with Gasteiger partial charge in [-0.05, 0) is 45.8 Å². The van der Waals surface area contributed by atoms with Crippen LogP contribution < -0.4 is 11.3 Å². The van der Waals surface area contributed by atoms with E-state index in [1.807, 2.05) is 18.2 Å². The molecule has 0 spiro atoms. The molecule has 1 heterocycles. The Morgan fingerprint density at radius 3 is 2.82 bits per heavy atom. The third-order valence-corrected chi connectivity index (χ3v) is 3.18. The van der Waals surface area contributed by atoms with E-state index in [9.17, 15) is 4.39 Å². The topological polar surface area (TPSA) is 51.2 Å². The van der Waals surface area contributed by atoms with Crippen LogP contribution in [0.15, 0.2) is 45.5 Å². The van der Waals surface area contributed by atoms with Crippen molar-refractivity contribution in [1.82, 2.24) is 5.43 Å². The van der Waals surface area contributed by atoms with Crippen molar-refractivity contribution in [3.63, 3.8) is 0 Å². The Labute approximate surface area is 107 Å². The largest absolute Gasteiger partial charge is 0.469 e. The highest BCUT2D eigenvalue weighted by Crippen LogP contribution is 2.23. The summed E-state index contributed by atoms with van der Waals surface area (Å²) in [6.45, 7) is 0. The summed E-state index contributed by atoms with van der Waals surface area (Å²) in [5, 5.41) is 0. The van der Waals surface area contributed by atoms with Gasteiger partial charge in [-0.1, -0.05) is 6.07 Å². The van der Waals surface area contributed by atoms with Crippen molar-refractivity contribution in [2.24, 2.45) is 5.84 Å². The van der Waals surface area contributed by atoms with Crippen LogP contribution in [-0.2, 0) is 6.42 Å². The van der Waals surface area contributed by atoms with Gasteiger partial charge in [0.2, 0.25) is 0 Å². The standard InChI is InChI=1S/C12H12BrFN2O/c13-10-4-3-8(6-11(10)14)12(16-15)7-9-2-1-5-17-9/h1-6,12,16H,7,15H2. The molecule has 0 saturated carbocycles. The molecule has 17 heavy (non-hydrogen) atoms. The minimum Gasteiger partial charge on any atom is -0.469 e. The second kappa shape index (κ2) is 5.44. The van der Waals surface area contributed by atoms with Crippen molar-refractivity contribution in [3.05, 3.63) is 58.2 Å². The van der Waals surface area contributed by atoms with Crippen LogP contribution in [-0.4, -0.2) is 0 Å². The molecule has 0 fully saturated rings. The Morgan fingerprint density at radius 1 is 1.41 bits per heavy atom. The smallest absolute Gasteiger partial charge is 0.137 e. The molecular formula is C12H12BrFN2O. The summed E-state index contributed by atoms with van der Waals surface area (Å²) in [4.78, 5) is 0. The van der Waals surface area contributed by atoms with Crippen LogP contribution in [0.3, 0.4) is 0 Å². The van der Waals surface area contributed by atoms with E-state index in [2.05, 4.69) is 21.4 Å². The summed E-state index contributed by atoms with van der Waals surface area (Å²) >= 11 is 3.12. The molecule has 0 aliphatic carbocycles. The van der Waals surface area contributed by atoms with Crippen LogP contribution in [0.2, 0.25) is 0 Å². The van der Waals surface area contributed by atoms with E-state index in [1.54, 1.807) is 12.3 Å². The highest BCUT2D eigenvalue weighted by Gasteiger charge is 2.13. The molecule has 3 nitrogen and oxygen atoms in total. The van der Waals surface area contributed by atoms with E-state index < -0.39 is 0 Å². The molecule has 0 aliphatic heterocycles. The van der Waals surface area contributed by atoms with Gasteiger partial charge in [0.1, 0.15) is 11.6 Å². The Kier molecular flexibility index (Phi) is 3.93. The number of nitrogens with one attached hydrogen (secondary N) is 1. The molecule has 1 aromatic carbocycles. The summed E-state index contributed by atoms with van der Waals surface area (Å²) in [5.41, 5.74) is 3.44. The zero-order chi connectivity index (χ0) is 12.3. The molecule has 0 saturated heterocycles. The fourth-order valence-electron chi connectivity index (χ4n) is 1.63. The number of hydrogen-bond donors (Lipinski definition) is 2. The second-order valence-electron chi connectivity index (χ2n) is 3.68. The first-order valence-electron chi connectivity index (χ1n) is 5.14. The van der Waals surface area contributed by atoms with E-state index >= 15 is 0 Å². The molecule has 2 rings (SSSR count). The minimum absolute atomic E-state index is 0.177. The molecule has 0 radical (unpaired) electrons. The molecular weight excluding hydrogens is 287 g/mol. The number of benzene rings is 1. The maximum atomic E-state index is 13.4. The summed E-state index contributed by atoms with van der Waals surface area (Å²) < 4.78 is 19.1. The average molecular weight is 299 g/mol. The average Bonchev–Trinajstić information content (AvgIpc) is 2.82. The lowest BCUT2D eigenvalue weighted by atomic mass is 10.0. The van der Waals surface area contributed by atoms with Crippen molar-refractivity contribution in [3.8, 4) is 0 Å².